The van der Waals surface area contributed by atoms with Crippen LogP contribution in [0.1, 0.15) is 103 Å². The fraction of sp³-hybridized carbons (Fsp3) is 0.719. The van der Waals surface area contributed by atoms with Crippen molar-refractivity contribution >= 4 is 5.97 Å². The van der Waals surface area contributed by atoms with Gasteiger partial charge in [-0.3, -0.25) is 4.79 Å². The van der Waals surface area contributed by atoms with E-state index in [0.717, 1.165) is 37.0 Å². The third kappa shape index (κ3) is 7.13. The van der Waals surface area contributed by atoms with Crippen molar-refractivity contribution in [3.8, 4) is 11.5 Å². The number of unbranched alkanes of at least 4 members (excludes halogenated alkanes) is 3. The van der Waals surface area contributed by atoms with E-state index in [9.17, 15) is 9.18 Å². The average molecular weight is 499 g/mol. The third-order valence-electron chi connectivity index (χ3n) is 9.49. The maximum atomic E-state index is 14.3. The number of halogens is 1. The summed E-state index contributed by atoms with van der Waals surface area (Å²) in [5, 5.41) is 0. The number of rotatable bonds is 11. The van der Waals surface area contributed by atoms with Crippen LogP contribution >= 0.6 is 0 Å². The Morgan fingerprint density at radius 2 is 1.81 bits per heavy atom. The van der Waals surface area contributed by atoms with Crippen LogP contribution in [0.4, 0.5) is 4.39 Å². The molecule has 4 heteroatoms. The summed E-state index contributed by atoms with van der Waals surface area (Å²) in [5.74, 6) is 3.46. The van der Waals surface area contributed by atoms with E-state index in [1.165, 1.54) is 89.2 Å². The van der Waals surface area contributed by atoms with E-state index in [-0.39, 0.29) is 30.0 Å². The summed E-state index contributed by atoms with van der Waals surface area (Å²) in [5.41, 5.74) is 0. The molecule has 3 nitrogen and oxygen atoms in total. The fourth-order valence-corrected chi connectivity index (χ4v) is 7.53. The van der Waals surface area contributed by atoms with Crippen molar-refractivity contribution in [2.75, 3.05) is 6.61 Å². The summed E-state index contributed by atoms with van der Waals surface area (Å²) in [4.78, 5) is 13.1. The van der Waals surface area contributed by atoms with Crippen molar-refractivity contribution in [1.29, 1.82) is 0 Å². The van der Waals surface area contributed by atoms with E-state index in [1.54, 1.807) is 12.1 Å². The molecule has 1 aromatic carbocycles. The van der Waals surface area contributed by atoms with Crippen molar-refractivity contribution in [3.05, 3.63) is 36.7 Å². The van der Waals surface area contributed by atoms with Gasteiger partial charge in [0.1, 0.15) is 12.4 Å². The van der Waals surface area contributed by atoms with Gasteiger partial charge in [0.15, 0.2) is 11.6 Å². The molecule has 3 fully saturated rings. The number of carbonyl (C=O) groups is 1. The largest absolute Gasteiger partial charge is 0.486 e. The van der Waals surface area contributed by atoms with Crippen LogP contribution in [0.2, 0.25) is 0 Å². The molecule has 3 aliphatic carbocycles. The molecular weight excluding hydrogens is 451 g/mol. The molecule has 3 aliphatic rings. The van der Waals surface area contributed by atoms with Crippen molar-refractivity contribution in [1.82, 2.24) is 0 Å². The molecule has 0 aromatic heterocycles. The molecule has 0 radical (unpaired) electrons. The second-order valence-corrected chi connectivity index (χ2v) is 11.8. The molecule has 0 saturated heterocycles. The highest BCUT2D eigenvalue weighted by Crippen LogP contribution is 2.50. The SMILES string of the molecule is C=CCOc1ccc(OC(=O)C2CCCC3CC(C4CCC(CCCCCC)CC4)CCC32)cc1F. The van der Waals surface area contributed by atoms with Crippen molar-refractivity contribution in [2.24, 2.45) is 35.5 Å². The quantitative estimate of drug-likeness (QED) is 0.132. The first-order valence-electron chi connectivity index (χ1n) is 14.8. The summed E-state index contributed by atoms with van der Waals surface area (Å²) in [6.45, 7) is 6.11. The zero-order valence-corrected chi connectivity index (χ0v) is 22.4. The standard InChI is InChI=1S/C32H47FO3/c1-3-5-6-7-9-23-12-14-24(15-13-23)25-16-18-28-26(21-25)10-8-11-29(28)32(34)36-27-17-19-31(30(33)22-27)35-20-4-2/h4,17,19,22-26,28-29H,2-3,5-16,18,20-21H2,1H3. The maximum Gasteiger partial charge on any atom is 0.314 e. The normalized spacial score (nSPS) is 30.3. The first-order chi connectivity index (χ1) is 17.6. The van der Waals surface area contributed by atoms with E-state index >= 15 is 0 Å². The van der Waals surface area contributed by atoms with Crippen molar-refractivity contribution in [2.45, 2.75) is 103 Å². The van der Waals surface area contributed by atoms with Gasteiger partial charge in [-0.2, -0.15) is 0 Å². The van der Waals surface area contributed by atoms with E-state index < -0.39 is 5.82 Å². The third-order valence-corrected chi connectivity index (χ3v) is 9.49. The predicted molar refractivity (Wildman–Crippen MR) is 144 cm³/mol. The number of ether oxygens (including phenoxy) is 2. The summed E-state index contributed by atoms with van der Waals surface area (Å²) in [7, 11) is 0. The van der Waals surface area contributed by atoms with Gasteiger partial charge in [0, 0.05) is 6.07 Å². The fourth-order valence-electron chi connectivity index (χ4n) is 7.53. The number of hydrogen-bond acceptors (Lipinski definition) is 3. The van der Waals surface area contributed by atoms with Crippen LogP contribution in [0.5, 0.6) is 11.5 Å². The molecule has 1 aromatic rings. The summed E-state index contributed by atoms with van der Waals surface area (Å²) >= 11 is 0. The van der Waals surface area contributed by atoms with Crippen LogP contribution in [0.15, 0.2) is 30.9 Å². The van der Waals surface area contributed by atoms with Gasteiger partial charge in [-0.15, -0.1) is 0 Å². The monoisotopic (exact) mass is 498 g/mol. The van der Waals surface area contributed by atoms with E-state index in [2.05, 4.69) is 13.5 Å². The van der Waals surface area contributed by atoms with Crippen molar-refractivity contribution in [3.63, 3.8) is 0 Å². The van der Waals surface area contributed by atoms with E-state index in [4.69, 9.17) is 9.47 Å². The molecule has 4 unspecified atom stereocenters. The van der Waals surface area contributed by atoms with Crippen LogP contribution in [-0.2, 0) is 4.79 Å². The van der Waals surface area contributed by atoms with Crippen LogP contribution in [-0.4, -0.2) is 12.6 Å². The molecule has 0 N–H and O–H groups in total. The Hall–Kier alpha value is -1.84. The lowest BCUT2D eigenvalue weighted by atomic mass is 9.59. The highest BCUT2D eigenvalue weighted by Gasteiger charge is 2.43. The molecule has 0 amide bonds. The van der Waals surface area contributed by atoms with Gasteiger partial charge in [0.05, 0.1) is 5.92 Å². The summed E-state index contributed by atoms with van der Waals surface area (Å²) in [6.07, 6.45) is 21.2. The van der Waals surface area contributed by atoms with Gasteiger partial charge in [-0.1, -0.05) is 77.4 Å². The number of carbonyl (C=O) groups excluding carboxylic acids is 1. The molecule has 4 rings (SSSR count). The van der Waals surface area contributed by atoms with Gasteiger partial charge in [0.2, 0.25) is 0 Å². The molecule has 200 valence electrons. The summed E-state index contributed by atoms with van der Waals surface area (Å²) in [6, 6.07) is 4.40. The minimum atomic E-state index is -0.514. The van der Waals surface area contributed by atoms with Gasteiger partial charge < -0.3 is 9.47 Å². The first-order valence-corrected chi connectivity index (χ1v) is 14.8. The maximum absolute atomic E-state index is 14.3. The topological polar surface area (TPSA) is 35.5 Å². The van der Waals surface area contributed by atoms with Gasteiger partial charge in [-0.25, -0.2) is 4.39 Å². The number of esters is 1. The number of hydrogen-bond donors (Lipinski definition) is 0. The minimum absolute atomic E-state index is 0.0525. The molecule has 4 atom stereocenters. The Labute approximate surface area is 218 Å². The van der Waals surface area contributed by atoms with E-state index in [0.29, 0.717) is 11.8 Å². The Morgan fingerprint density at radius 3 is 2.56 bits per heavy atom. The Balaban J connectivity index is 1.26. The average Bonchev–Trinajstić information content (AvgIpc) is 2.90. The van der Waals surface area contributed by atoms with Crippen LogP contribution in [0.25, 0.3) is 0 Å². The van der Waals surface area contributed by atoms with Gasteiger partial charge in [0.25, 0.3) is 0 Å². The Morgan fingerprint density at radius 1 is 1.00 bits per heavy atom. The Kier molecular flexibility index (Phi) is 10.3. The lowest BCUT2D eigenvalue weighted by Gasteiger charge is -2.46. The highest BCUT2D eigenvalue weighted by atomic mass is 19.1. The number of fused-ring (bicyclic) bond motifs is 1. The molecule has 0 aliphatic heterocycles. The molecule has 36 heavy (non-hydrogen) atoms. The molecule has 0 heterocycles. The van der Waals surface area contributed by atoms with Crippen LogP contribution < -0.4 is 9.47 Å². The minimum Gasteiger partial charge on any atom is -0.486 e. The lowest BCUT2D eigenvalue weighted by Crippen LogP contribution is -2.40. The predicted octanol–water partition coefficient (Wildman–Crippen LogP) is 8.91. The first kappa shape index (κ1) is 27.2. The van der Waals surface area contributed by atoms with E-state index in [1.807, 2.05) is 0 Å². The second kappa shape index (κ2) is 13.6. The molecular formula is C32H47FO3. The zero-order chi connectivity index (χ0) is 25.3. The van der Waals surface area contributed by atoms with Crippen LogP contribution in [0, 0.1) is 41.3 Å². The Bertz CT molecular complexity index is 844. The van der Waals surface area contributed by atoms with Gasteiger partial charge in [-0.05, 0) is 80.2 Å². The second-order valence-electron chi connectivity index (χ2n) is 11.8. The van der Waals surface area contributed by atoms with Gasteiger partial charge >= 0.3 is 5.97 Å². The van der Waals surface area contributed by atoms with Crippen LogP contribution in [0.3, 0.4) is 0 Å². The summed E-state index contributed by atoms with van der Waals surface area (Å²) < 4.78 is 25.3. The molecule has 3 saturated carbocycles. The molecule has 0 spiro atoms. The highest BCUT2D eigenvalue weighted by molar-refractivity contribution is 5.75. The number of benzene rings is 1. The molecule has 0 bridgehead atoms. The lowest BCUT2D eigenvalue weighted by molar-refractivity contribution is -0.144. The zero-order valence-electron chi connectivity index (χ0n) is 22.4. The van der Waals surface area contributed by atoms with Crippen molar-refractivity contribution < 1.29 is 18.7 Å². The smallest absolute Gasteiger partial charge is 0.314 e.